The summed E-state index contributed by atoms with van der Waals surface area (Å²) in [4.78, 5) is 2.43. The largest absolute Gasteiger partial charge is 0.346 e. The van der Waals surface area contributed by atoms with Crippen molar-refractivity contribution in [2.24, 2.45) is 0 Å². The minimum atomic E-state index is 0.798. The summed E-state index contributed by atoms with van der Waals surface area (Å²) in [6, 6.07) is 8.19. The fourth-order valence-electron chi connectivity index (χ4n) is 2.45. The number of nitrogens with zero attached hydrogens (tertiary/aromatic N) is 2. The van der Waals surface area contributed by atoms with E-state index in [4.69, 9.17) is 11.6 Å². The minimum Gasteiger partial charge on any atom is -0.346 e. The summed E-state index contributed by atoms with van der Waals surface area (Å²) in [6.45, 7) is 10.8. The van der Waals surface area contributed by atoms with Gasteiger partial charge in [-0.25, -0.2) is 0 Å². The number of fused-ring (bicyclic) bond motifs is 1. The van der Waals surface area contributed by atoms with Crippen molar-refractivity contribution in [2.45, 2.75) is 20.4 Å². The van der Waals surface area contributed by atoms with E-state index in [1.165, 1.54) is 10.9 Å². The van der Waals surface area contributed by atoms with Gasteiger partial charge in [0.05, 0.1) is 0 Å². The molecule has 1 aromatic heterocycles. The van der Waals surface area contributed by atoms with Crippen LogP contribution in [0.4, 0.5) is 0 Å². The first-order valence-corrected chi connectivity index (χ1v) is 7.80. The second-order valence-electron chi connectivity index (χ2n) is 4.99. The van der Waals surface area contributed by atoms with Crippen LogP contribution in [0.2, 0.25) is 5.02 Å². The Morgan fingerprint density at radius 2 is 1.95 bits per heavy atom. The Balaban J connectivity index is 1.80. The van der Waals surface area contributed by atoms with Crippen molar-refractivity contribution in [3.63, 3.8) is 0 Å². The molecule has 1 aromatic carbocycles. The molecule has 20 heavy (non-hydrogen) atoms. The van der Waals surface area contributed by atoms with Crippen LogP contribution in [0.5, 0.6) is 0 Å². The molecule has 0 spiro atoms. The van der Waals surface area contributed by atoms with Gasteiger partial charge in [-0.1, -0.05) is 31.5 Å². The van der Waals surface area contributed by atoms with Crippen LogP contribution < -0.4 is 5.32 Å². The first-order chi connectivity index (χ1) is 9.74. The van der Waals surface area contributed by atoms with Gasteiger partial charge in [-0.2, -0.15) is 0 Å². The van der Waals surface area contributed by atoms with E-state index in [2.05, 4.69) is 47.0 Å². The predicted octanol–water partition coefficient (Wildman–Crippen LogP) is 3.23. The zero-order valence-corrected chi connectivity index (χ0v) is 13.2. The van der Waals surface area contributed by atoms with Crippen LogP contribution in [-0.2, 0) is 6.54 Å². The summed E-state index contributed by atoms with van der Waals surface area (Å²) in [5.41, 5.74) is 1.21. The quantitative estimate of drug-likeness (QED) is 0.754. The molecule has 0 aliphatic rings. The fraction of sp³-hybridized carbons (Fsp3) is 0.500. The van der Waals surface area contributed by atoms with Crippen LogP contribution in [0, 0.1) is 0 Å². The van der Waals surface area contributed by atoms with E-state index in [1.54, 1.807) is 0 Å². The number of aromatic nitrogens is 1. The van der Waals surface area contributed by atoms with Crippen molar-refractivity contribution in [2.75, 3.05) is 32.7 Å². The van der Waals surface area contributed by atoms with Crippen LogP contribution in [-0.4, -0.2) is 42.2 Å². The van der Waals surface area contributed by atoms with Crippen molar-refractivity contribution in [3.05, 3.63) is 35.5 Å². The third kappa shape index (κ3) is 3.98. The molecule has 1 heterocycles. The molecule has 3 nitrogen and oxygen atoms in total. The average Bonchev–Trinajstić information content (AvgIpc) is 2.85. The molecule has 0 radical (unpaired) electrons. The van der Waals surface area contributed by atoms with E-state index in [9.17, 15) is 0 Å². The van der Waals surface area contributed by atoms with Gasteiger partial charge in [0.2, 0.25) is 0 Å². The van der Waals surface area contributed by atoms with Crippen LogP contribution in [0.1, 0.15) is 13.8 Å². The van der Waals surface area contributed by atoms with E-state index < -0.39 is 0 Å². The monoisotopic (exact) mass is 293 g/mol. The Bertz CT molecular complexity index is 532. The number of nitrogens with one attached hydrogen (secondary N) is 1. The third-order valence-corrected chi connectivity index (χ3v) is 4.00. The number of halogens is 1. The standard InChI is InChI=1S/C16H24ClN3/c1-3-19(4-2)11-8-18-9-12-20-10-7-14-5-6-15(17)13-16(14)20/h5-7,10,13,18H,3-4,8-9,11-12H2,1-2H3. The maximum atomic E-state index is 6.06. The molecular weight excluding hydrogens is 270 g/mol. The lowest BCUT2D eigenvalue weighted by molar-refractivity contribution is 0.302. The SMILES string of the molecule is CCN(CC)CCNCCn1ccc2ccc(Cl)cc21. The van der Waals surface area contributed by atoms with Crippen LogP contribution >= 0.6 is 11.6 Å². The molecule has 0 aliphatic carbocycles. The second-order valence-corrected chi connectivity index (χ2v) is 5.43. The smallest absolute Gasteiger partial charge is 0.0495 e. The molecule has 110 valence electrons. The van der Waals surface area contributed by atoms with E-state index in [1.807, 2.05) is 12.1 Å². The predicted molar refractivity (Wildman–Crippen MR) is 87.6 cm³/mol. The highest BCUT2D eigenvalue weighted by Crippen LogP contribution is 2.20. The first kappa shape index (κ1) is 15.4. The molecule has 1 N–H and O–H groups in total. The molecule has 0 unspecified atom stereocenters. The second kappa shape index (κ2) is 7.67. The normalized spacial score (nSPS) is 11.6. The van der Waals surface area contributed by atoms with Gasteiger partial charge in [-0.15, -0.1) is 0 Å². The highest BCUT2D eigenvalue weighted by Gasteiger charge is 2.02. The zero-order valence-electron chi connectivity index (χ0n) is 12.4. The average molecular weight is 294 g/mol. The summed E-state index contributed by atoms with van der Waals surface area (Å²) < 4.78 is 2.26. The lowest BCUT2D eigenvalue weighted by Gasteiger charge is -2.18. The number of hydrogen-bond donors (Lipinski definition) is 1. The molecule has 0 fully saturated rings. The van der Waals surface area contributed by atoms with Crippen molar-refractivity contribution in [1.82, 2.24) is 14.8 Å². The molecule has 0 saturated carbocycles. The fourth-order valence-corrected chi connectivity index (χ4v) is 2.62. The van der Waals surface area contributed by atoms with Gasteiger partial charge in [0.1, 0.15) is 0 Å². The highest BCUT2D eigenvalue weighted by molar-refractivity contribution is 6.31. The summed E-state index contributed by atoms with van der Waals surface area (Å²) in [7, 11) is 0. The van der Waals surface area contributed by atoms with Crippen molar-refractivity contribution in [1.29, 1.82) is 0 Å². The van der Waals surface area contributed by atoms with Gasteiger partial charge in [0.25, 0.3) is 0 Å². The number of hydrogen-bond acceptors (Lipinski definition) is 2. The van der Waals surface area contributed by atoms with Crippen molar-refractivity contribution >= 4 is 22.5 Å². The van der Waals surface area contributed by atoms with Crippen LogP contribution in [0.25, 0.3) is 10.9 Å². The summed E-state index contributed by atoms with van der Waals surface area (Å²) in [5, 5.41) is 5.55. The molecular formula is C16H24ClN3. The Morgan fingerprint density at radius 3 is 2.70 bits per heavy atom. The summed E-state index contributed by atoms with van der Waals surface area (Å²) in [6.07, 6.45) is 2.13. The van der Waals surface area contributed by atoms with Gasteiger partial charge in [0, 0.05) is 42.9 Å². The molecule has 0 saturated heterocycles. The molecule has 0 bridgehead atoms. The number of likely N-dealkylation sites (N-methyl/N-ethyl adjacent to an activating group) is 1. The van der Waals surface area contributed by atoms with Gasteiger partial charge in [0.15, 0.2) is 0 Å². The Hall–Kier alpha value is -1.03. The van der Waals surface area contributed by atoms with E-state index in [0.717, 1.165) is 44.3 Å². The Morgan fingerprint density at radius 1 is 1.15 bits per heavy atom. The van der Waals surface area contributed by atoms with E-state index in [0.29, 0.717) is 0 Å². The van der Waals surface area contributed by atoms with Crippen molar-refractivity contribution < 1.29 is 0 Å². The summed E-state index contributed by atoms with van der Waals surface area (Å²) in [5.74, 6) is 0. The van der Waals surface area contributed by atoms with Gasteiger partial charge in [-0.05, 0) is 36.7 Å². The number of benzene rings is 1. The molecule has 4 heteroatoms. The van der Waals surface area contributed by atoms with Gasteiger partial charge < -0.3 is 14.8 Å². The van der Waals surface area contributed by atoms with E-state index >= 15 is 0 Å². The van der Waals surface area contributed by atoms with Crippen molar-refractivity contribution in [3.8, 4) is 0 Å². The first-order valence-electron chi connectivity index (χ1n) is 7.42. The number of rotatable bonds is 8. The van der Waals surface area contributed by atoms with Crippen LogP contribution in [0.15, 0.2) is 30.5 Å². The highest BCUT2D eigenvalue weighted by atomic mass is 35.5. The molecule has 2 aromatic rings. The maximum absolute atomic E-state index is 6.06. The van der Waals surface area contributed by atoms with Gasteiger partial charge >= 0.3 is 0 Å². The third-order valence-electron chi connectivity index (χ3n) is 3.76. The lowest BCUT2D eigenvalue weighted by atomic mass is 10.2. The van der Waals surface area contributed by atoms with Crippen LogP contribution in [0.3, 0.4) is 0 Å². The topological polar surface area (TPSA) is 20.2 Å². The van der Waals surface area contributed by atoms with E-state index in [-0.39, 0.29) is 0 Å². The lowest BCUT2D eigenvalue weighted by Crippen LogP contribution is -2.33. The minimum absolute atomic E-state index is 0.798. The molecule has 0 aliphatic heterocycles. The molecule has 0 atom stereocenters. The molecule has 0 amide bonds. The maximum Gasteiger partial charge on any atom is 0.0495 e. The van der Waals surface area contributed by atoms with Gasteiger partial charge in [-0.3, -0.25) is 0 Å². The zero-order chi connectivity index (χ0) is 14.4. The Kier molecular flexibility index (Phi) is 5.89. The molecule has 2 rings (SSSR count). The summed E-state index contributed by atoms with van der Waals surface area (Å²) >= 11 is 6.06. The Labute approximate surface area is 126 Å².